The Morgan fingerprint density at radius 2 is 1.81 bits per heavy atom. The van der Waals surface area contributed by atoms with Gasteiger partial charge in [0.05, 0.1) is 0 Å². The summed E-state index contributed by atoms with van der Waals surface area (Å²) in [5, 5.41) is 10.2. The molecule has 0 aliphatic carbocycles. The highest BCUT2D eigenvalue weighted by Crippen LogP contribution is 2.46. The molecule has 3 aromatic rings. The molecule has 0 spiro atoms. The van der Waals surface area contributed by atoms with Crippen molar-refractivity contribution in [2.24, 2.45) is 0 Å². The normalized spacial score (nSPS) is 20.0. The maximum Gasteiger partial charge on any atom is 0.228 e. The van der Waals surface area contributed by atoms with Crippen LogP contribution in [0.15, 0.2) is 36.4 Å². The molecule has 0 saturated carbocycles. The number of quaternary nitrogens is 1. The van der Waals surface area contributed by atoms with E-state index in [0.717, 1.165) is 24.1 Å². The van der Waals surface area contributed by atoms with Crippen LogP contribution < -0.4 is 4.70 Å². The Balaban J connectivity index is 1.83. The van der Waals surface area contributed by atoms with Gasteiger partial charge in [0.2, 0.25) is 5.69 Å². The zero-order valence-corrected chi connectivity index (χ0v) is 12.7. The lowest BCUT2D eigenvalue weighted by atomic mass is 10.1. The molecule has 1 unspecified atom stereocenters. The molecule has 0 radical (unpaired) electrons. The topological polar surface area (TPSA) is 30.1 Å². The standard InChI is InChI=1S/C17H19N3O/c1-4-5-13-7-8-14-15(11-13)19-18(14)20(19,3)16-10-12(2)6-9-17(16)21/h6-11H,4-5H2,1-3H3/p+1. The highest BCUT2D eigenvalue weighted by molar-refractivity contribution is 5.84. The van der Waals surface area contributed by atoms with Crippen LogP contribution in [0.1, 0.15) is 24.5 Å². The molecule has 2 heterocycles. The molecular weight excluding hydrogens is 262 g/mol. The number of hydrogen-bond acceptors (Lipinski definition) is 1. The highest BCUT2D eigenvalue weighted by Gasteiger charge is 2.57. The van der Waals surface area contributed by atoms with Gasteiger partial charge in [-0.05, 0) is 57.0 Å². The number of aromatic hydroxyl groups is 1. The molecule has 2 aromatic carbocycles. The van der Waals surface area contributed by atoms with Crippen molar-refractivity contribution < 1.29 is 5.11 Å². The van der Waals surface area contributed by atoms with Gasteiger partial charge in [-0.25, -0.2) is 0 Å². The third-order valence-corrected chi connectivity index (χ3v) is 4.48. The molecule has 1 N–H and O–H groups in total. The number of benzene rings is 2. The minimum atomic E-state index is 0.345. The fourth-order valence-corrected chi connectivity index (χ4v) is 3.35. The van der Waals surface area contributed by atoms with Crippen molar-refractivity contribution in [2.75, 3.05) is 7.05 Å². The molecule has 1 aliphatic heterocycles. The van der Waals surface area contributed by atoms with E-state index in [-0.39, 0.29) is 0 Å². The summed E-state index contributed by atoms with van der Waals surface area (Å²) in [6.45, 7) is 4.26. The third-order valence-electron chi connectivity index (χ3n) is 4.48. The van der Waals surface area contributed by atoms with E-state index in [1.165, 1.54) is 16.6 Å². The molecule has 1 aliphatic rings. The van der Waals surface area contributed by atoms with Crippen LogP contribution in [0.25, 0.3) is 11.0 Å². The van der Waals surface area contributed by atoms with Crippen molar-refractivity contribution >= 4 is 16.7 Å². The fourth-order valence-electron chi connectivity index (χ4n) is 3.35. The molecule has 108 valence electrons. The van der Waals surface area contributed by atoms with E-state index in [1.54, 1.807) is 6.07 Å². The van der Waals surface area contributed by atoms with E-state index >= 15 is 0 Å². The van der Waals surface area contributed by atoms with Crippen LogP contribution in [-0.4, -0.2) is 21.7 Å². The maximum absolute atomic E-state index is 10.2. The molecule has 4 nitrogen and oxygen atoms in total. The molecular formula is C17H20N3O+. The number of rotatable bonds is 3. The van der Waals surface area contributed by atoms with E-state index in [1.807, 2.05) is 6.07 Å². The molecule has 0 amide bonds. The highest BCUT2D eigenvalue weighted by atomic mass is 16.3. The monoisotopic (exact) mass is 282 g/mol. The van der Waals surface area contributed by atoms with Crippen molar-refractivity contribution in [3.05, 3.63) is 47.5 Å². The predicted octanol–water partition coefficient (Wildman–Crippen LogP) is 3.59. The lowest BCUT2D eigenvalue weighted by molar-refractivity contribution is 0.436. The zero-order chi connectivity index (χ0) is 14.8. The molecule has 4 heteroatoms. The van der Waals surface area contributed by atoms with Crippen molar-refractivity contribution in [1.29, 1.82) is 0 Å². The Labute approximate surface area is 124 Å². The first-order chi connectivity index (χ1) is 10.1. The number of nitrogens with zero attached hydrogens (tertiary/aromatic N) is 3. The molecule has 0 bridgehead atoms. The van der Waals surface area contributed by atoms with Crippen LogP contribution in [0, 0.1) is 6.92 Å². The van der Waals surface area contributed by atoms with Crippen molar-refractivity contribution in [3.63, 3.8) is 0 Å². The van der Waals surface area contributed by atoms with Crippen molar-refractivity contribution in [1.82, 2.24) is 14.3 Å². The van der Waals surface area contributed by atoms with Gasteiger partial charge in [0.1, 0.15) is 7.05 Å². The number of fused-ring (bicyclic) bond motifs is 4. The summed E-state index contributed by atoms with van der Waals surface area (Å²) in [7, 11) is 2.11. The predicted molar refractivity (Wildman–Crippen MR) is 85.3 cm³/mol. The van der Waals surface area contributed by atoms with Crippen LogP contribution in [0.3, 0.4) is 0 Å². The van der Waals surface area contributed by atoms with Gasteiger partial charge in [-0.2, -0.15) is 0 Å². The van der Waals surface area contributed by atoms with E-state index in [2.05, 4.69) is 54.7 Å². The second-order valence-corrected chi connectivity index (χ2v) is 6.06. The average molecular weight is 282 g/mol. The summed E-state index contributed by atoms with van der Waals surface area (Å²) < 4.78 is 0.512. The Morgan fingerprint density at radius 1 is 1.05 bits per heavy atom. The largest absolute Gasteiger partial charge is 0.503 e. The van der Waals surface area contributed by atoms with E-state index in [9.17, 15) is 5.11 Å². The van der Waals surface area contributed by atoms with E-state index < -0.39 is 0 Å². The smallest absolute Gasteiger partial charge is 0.228 e. The van der Waals surface area contributed by atoms with Gasteiger partial charge in [0.15, 0.2) is 16.8 Å². The Hall–Kier alpha value is -2.20. The summed E-state index contributed by atoms with van der Waals surface area (Å²) >= 11 is 0. The number of phenolic OH excluding ortho intramolecular Hbond substituents is 1. The van der Waals surface area contributed by atoms with Gasteiger partial charge in [0.25, 0.3) is 0 Å². The van der Waals surface area contributed by atoms with Crippen LogP contribution in [0.4, 0.5) is 5.69 Å². The molecule has 1 aromatic heterocycles. The number of phenols is 1. The summed E-state index contributed by atoms with van der Waals surface area (Å²) in [5.41, 5.74) is 5.94. The lowest BCUT2D eigenvalue weighted by Crippen LogP contribution is -2.25. The second kappa shape index (κ2) is 3.92. The fraction of sp³-hybridized carbons (Fsp3) is 0.294. The van der Waals surface area contributed by atoms with Crippen molar-refractivity contribution in [3.8, 4) is 5.75 Å². The van der Waals surface area contributed by atoms with Gasteiger partial charge in [-0.15, -0.1) is 0 Å². The first kappa shape index (κ1) is 12.5. The number of aryl methyl sites for hydroxylation is 2. The molecule has 0 fully saturated rings. The van der Waals surface area contributed by atoms with Crippen LogP contribution in [0.2, 0.25) is 0 Å². The maximum atomic E-state index is 10.2. The lowest BCUT2D eigenvalue weighted by Gasteiger charge is -2.08. The summed E-state index contributed by atoms with van der Waals surface area (Å²) in [4.78, 5) is 4.41. The summed E-state index contributed by atoms with van der Waals surface area (Å²) in [6.07, 6.45) is 2.27. The van der Waals surface area contributed by atoms with Gasteiger partial charge in [0, 0.05) is 6.07 Å². The van der Waals surface area contributed by atoms with Crippen LogP contribution >= 0.6 is 0 Å². The third kappa shape index (κ3) is 1.48. The second-order valence-electron chi connectivity index (χ2n) is 6.06. The Bertz CT molecular complexity index is 858. The van der Waals surface area contributed by atoms with Crippen molar-refractivity contribution in [2.45, 2.75) is 26.7 Å². The molecule has 1 atom stereocenters. The summed E-state index contributed by atoms with van der Waals surface area (Å²) in [5.74, 6) is 0.345. The molecule has 4 rings (SSSR count). The van der Waals surface area contributed by atoms with E-state index in [0.29, 0.717) is 10.5 Å². The summed E-state index contributed by atoms with van der Waals surface area (Å²) in [6, 6.07) is 12.4. The Morgan fingerprint density at radius 3 is 2.57 bits per heavy atom. The minimum absolute atomic E-state index is 0.345. The van der Waals surface area contributed by atoms with Gasteiger partial charge in [-0.3, -0.25) is 0 Å². The number of aromatic nitrogens is 2. The molecule has 21 heavy (non-hydrogen) atoms. The Kier molecular flexibility index (Phi) is 2.34. The molecule has 0 saturated heterocycles. The van der Waals surface area contributed by atoms with Gasteiger partial charge in [-0.1, -0.05) is 25.5 Å². The first-order valence-electron chi connectivity index (χ1n) is 7.48. The van der Waals surface area contributed by atoms with E-state index in [4.69, 9.17) is 0 Å². The SMILES string of the molecule is CCCc1ccc2c(c1)n1n2[N+]1(C)c1cc(C)ccc1O. The quantitative estimate of drug-likeness (QED) is 0.577. The van der Waals surface area contributed by atoms with Crippen LogP contribution in [-0.2, 0) is 6.42 Å². The van der Waals surface area contributed by atoms with Crippen LogP contribution in [0.5, 0.6) is 5.75 Å². The number of hydrogen-bond donors (Lipinski definition) is 1. The minimum Gasteiger partial charge on any atom is -0.503 e. The zero-order valence-electron chi connectivity index (χ0n) is 12.7. The van der Waals surface area contributed by atoms with Gasteiger partial charge < -0.3 is 5.11 Å². The average Bonchev–Trinajstić information content (AvgIpc) is 3.00. The van der Waals surface area contributed by atoms with Gasteiger partial charge >= 0.3 is 0 Å². The first-order valence-corrected chi connectivity index (χ1v) is 7.48.